The Labute approximate surface area is 185 Å². The summed E-state index contributed by atoms with van der Waals surface area (Å²) in [5.41, 5.74) is 10.6. The van der Waals surface area contributed by atoms with Gasteiger partial charge >= 0.3 is 5.97 Å². The molecule has 168 valence electrons. The average Bonchev–Trinajstić information content (AvgIpc) is 2.78. The summed E-state index contributed by atoms with van der Waals surface area (Å²) < 4.78 is 5.60. The van der Waals surface area contributed by atoms with Gasteiger partial charge in [-0.3, -0.25) is 4.79 Å². The van der Waals surface area contributed by atoms with Gasteiger partial charge in [-0.1, -0.05) is 55.5 Å². The van der Waals surface area contributed by atoms with E-state index in [0.717, 1.165) is 22.3 Å². The number of rotatable bonds is 11. The Hall–Kier alpha value is -2.83. The number of nitrogens with two attached hydrogens (primary N) is 2. The van der Waals surface area contributed by atoms with Gasteiger partial charge in [0.05, 0.1) is 12.5 Å². The van der Waals surface area contributed by atoms with Gasteiger partial charge in [0.2, 0.25) is 0 Å². The first-order valence-corrected chi connectivity index (χ1v) is 10.7. The molecule has 0 saturated heterocycles. The molecule has 2 atom stereocenters. The largest absolute Gasteiger partial charge is 0.461 e. The van der Waals surface area contributed by atoms with Crippen molar-refractivity contribution in [1.82, 2.24) is 5.01 Å². The molecule has 0 bridgehead atoms. The van der Waals surface area contributed by atoms with Crippen LogP contribution in [0.25, 0.3) is 0 Å². The summed E-state index contributed by atoms with van der Waals surface area (Å²) in [6.07, 6.45) is 2.98. The summed E-state index contributed by atoms with van der Waals surface area (Å²) in [5.74, 6) is 5.10. The lowest BCUT2D eigenvalue weighted by Gasteiger charge is -2.24. The van der Waals surface area contributed by atoms with E-state index in [-0.39, 0.29) is 31.0 Å². The van der Waals surface area contributed by atoms with Crippen LogP contribution in [0.15, 0.2) is 60.4 Å². The van der Waals surface area contributed by atoms with Crippen molar-refractivity contribution in [1.29, 1.82) is 0 Å². The average molecular weight is 426 g/mol. The van der Waals surface area contributed by atoms with Gasteiger partial charge in [-0.2, -0.15) is 0 Å². The molecule has 6 heteroatoms. The Morgan fingerprint density at radius 3 is 2.58 bits per heavy atom. The standard InChI is InChI=1S/C25H35N3O3/c1-4-28(27)15-23(26)12-13-24(21-11-10-18(2)22(14-21)16-29)19(3)25(30)31-17-20-8-6-5-7-9-20/h5-11,14-15,19,24,29H,4,12-13,16-17,26-27H2,1-3H3/b23-15-. The van der Waals surface area contributed by atoms with Crippen molar-refractivity contribution in [3.05, 3.63) is 82.7 Å². The van der Waals surface area contributed by atoms with Crippen molar-refractivity contribution in [2.75, 3.05) is 6.54 Å². The van der Waals surface area contributed by atoms with Crippen LogP contribution in [0.2, 0.25) is 0 Å². The van der Waals surface area contributed by atoms with Crippen molar-refractivity contribution >= 4 is 5.97 Å². The molecule has 0 amide bonds. The summed E-state index contributed by atoms with van der Waals surface area (Å²) >= 11 is 0. The van der Waals surface area contributed by atoms with E-state index in [9.17, 15) is 9.90 Å². The van der Waals surface area contributed by atoms with E-state index in [1.807, 2.05) is 69.3 Å². The number of aliphatic hydroxyl groups excluding tert-OH is 1. The highest BCUT2D eigenvalue weighted by atomic mass is 16.5. The maximum Gasteiger partial charge on any atom is 0.309 e. The molecule has 2 aromatic carbocycles. The SMILES string of the molecule is CCN(N)/C=C(\N)CCC(c1ccc(C)c(CO)c1)C(C)C(=O)OCc1ccccc1. The number of aryl methyl sites for hydroxylation is 1. The number of hydrogen-bond donors (Lipinski definition) is 3. The van der Waals surface area contributed by atoms with E-state index in [4.69, 9.17) is 16.3 Å². The Bertz CT molecular complexity index is 868. The normalized spacial score (nSPS) is 13.5. The maximum absolute atomic E-state index is 12.9. The minimum Gasteiger partial charge on any atom is -0.461 e. The van der Waals surface area contributed by atoms with Gasteiger partial charge < -0.3 is 20.6 Å². The highest BCUT2D eigenvalue weighted by molar-refractivity contribution is 5.73. The Morgan fingerprint density at radius 1 is 1.23 bits per heavy atom. The lowest BCUT2D eigenvalue weighted by molar-refractivity contribution is -0.150. The fraction of sp³-hybridized carbons (Fsp3) is 0.400. The molecule has 5 N–H and O–H groups in total. The molecular formula is C25H35N3O3. The summed E-state index contributed by atoms with van der Waals surface area (Å²) in [6, 6.07) is 15.6. The highest BCUT2D eigenvalue weighted by Gasteiger charge is 2.27. The van der Waals surface area contributed by atoms with Crippen LogP contribution in [0, 0.1) is 12.8 Å². The number of esters is 1. The number of carbonyl (C=O) groups is 1. The molecule has 6 nitrogen and oxygen atoms in total. The molecule has 0 aromatic heterocycles. The van der Waals surface area contributed by atoms with Crippen molar-refractivity contribution < 1.29 is 14.6 Å². The van der Waals surface area contributed by atoms with Gasteiger partial charge in [0, 0.05) is 18.4 Å². The molecule has 0 saturated carbocycles. The third kappa shape index (κ3) is 7.42. The molecule has 0 aliphatic rings. The molecule has 2 aromatic rings. The summed E-state index contributed by atoms with van der Waals surface area (Å²) in [7, 11) is 0. The van der Waals surface area contributed by atoms with Gasteiger partial charge in [-0.05, 0) is 54.9 Å². The van der Waals surface area contributed by atoms with Crippen LogP contribution in [0.5, 0.6) is 0 Å². The number of hydrazine groups is 1. The molecule has 0 aliphatic heterocycles. The molecule has 0 radical (unpaired) electrons. The van der Waals surface area contributed by atoms with Crippen LogP contribution < -0.4 is 11.6 Å². The number of carbonyl (C=O) groups excluding carboxylic acids is 1. The van der Waals surface area contributed by atoms with E-state index in [1.165, 1.54) is 5.01 Å². The van der Waals surface area contributed by atoms with Crippen LogP contribution in [0.1, 0.15) is 54.9 Å². The van der Waals surface area contributed by atoms with Crippen LogP contribution in [0.3, 0.4) is 0 Å². The fourth-order valence-electron chi connectivity index (χ4n) is 3.51. The van der Waals surface area contributed by atoms with Crippen LogP contribution in [-0.4, -0.2) is 22.6 Å². The van der Waals surface area contributed by atoms with Crippen LogP contribution >= 0.6 is 0 Å². The van der Waals surface area contributed by atoms with Crippen molar-refractivity contribution in [3.63, 3.8) is 0 Å². The van der Waals surface area contributed by atoms with Crippen LogP contribution in [0.4, 0.5) is 0 Å². The second-order valence-electron chi connectivity index (χ2n) is 7.91. The monoisotopic (exact) mass is 425 g/mol. The van der Waals surface area contributed by atoms with E-state index in [2.05, 4.69) is 0 Å². The minimum atomic E-state index is -0.370. The highest BCUT2D eigenvalue weighted by Crippen LogP contribution is 2.32. The predicted octanol–water partition coefficient (Wildman–Crippen LogP) is 3.73. The van der Waals surface area contributed by atoms with Crippen LogP contribution in [-0.2, 0) is 22.7 Å². The Balaban J connectivity index is 2.19. The summed E-state index contributed by atoms with van der Waals surface area (Å²) in [6.45, 7) is 6.65. The first-order valence-electron chi connectivity index (χ1n) is 10.7. The lowest BCUT2D eigenvalue weighted by Crippen LogP contribution is -2.26. The van der Waals surface area contributed by atoms with Crippen molar-refractivity contribution in [2.24, 2.45) is 17.5 Å². The second-order valence-corrected chi connectivity index (χ2v) is 7.91. The third-order valence-corrected chi connectivity index (χ3v) is 5.61. The molecule has 0 spiro atoms. The summed E-state index contributed by atoms with van der Waals surface area (Å²) in [5, 5.41) is 11.2. The zero-order chi connectivity index (χ0) is 22.8. The smallest absolute Gasteiger partial charge is 0.309 e. The van der Waals surface area contributed by atoms with Gasteiger partial charge in [0.1, 0.15) is 6.61 Å². The predicted molar refractivity (Wildman–Crippen MR) is 123 cm³/mol. The molecular weight excluding hydrogens is 390 g/mol. The number of hydrogen-bond acceptors (Lipinski definition) is 6. The number of benzene rings is 2. The van der Waals surface area contributed by atoms with Gasteiger partial charge in [0.25, 0.3) is 0 Å². The zero-order valence-corrected chi connectivity index (χ0v) is 18.8. The minimum absolute atomic E-state index is 0.0418. The molecule has 2 rings (SSSR count). The molecule has 2 unspecified atom stereocenters. The molecule has 0 fully saturated rings. The van der Waals surface area contributed by atoms with E-state index >= 15 is 0 Å². The molecule has 0 aliphatic carbocycles. The van der Waals surface area contributed by atoms with Crippen molar-refractivity contribution in [2.45, 2.75) is 52.7 Å². The quantitative estimate of drug-likeness (QED) is 0.288. The third-order valence-electron chi connectivity index (χ3n) is 5.61. The van der Waals surface area contributed by atoms with E-state index in [0.29, 0.717) is 25.1 Å². The number of aliphatic hydroxyl groups is 1. The van der Waals surface area contributed by atoms with Gasteiger partial charge in [0.15, 0.2) is 0 Å². The van der Waals surface area contributed by atoms with Gasteiger partial charge in [-0.25, -0.2) is 5.84 Å². The van der Waals surface area contributed by atoms with E-state index < -0.39 is 0 Å². The first kappa shape index (κ1) is 24.4. The maximum atomic E-state index is 12.9. The topological polar surface area (TPSA) is 102 Å². The fourth-order valence-corrected chi connectivity index (χ4v) is 3.51. The lowest BCUT2D eigenvalue weighted by atomic mass is 9.82. The summed E-state index contributed by atoms with van der Waals surface area (Å²) in [4.78, 5) is 12.9. The molecule has 31 heavy (non-hydrogen) atoms. The molecule has 0 heterocycles. The second kappa shape index (κ2) is 12.1. The Kier molecular flexibility index (Phi) is 9.56. The van der Waals surface area contributed by atoms with Gasteiger partial charge in [-0.15, -0.1) is 0 Å². The number of ether oxygens (including phenoxy) is 1. The first-order chi connectivity index (χ1) is 14.8. The zero-order valence-electron chi connectivity index (χ0n) is 18.8. The Morgan fingerprint density at radius 2 is 1.94 bits per heavy atom. The number of nitrogens with zero attached hydrogens (tertiary/aromatic N) is 1. The number of allylic oxidation sites excluding steroid dienone is 1. The van der Waals surface area contributed by atoms with E-state index in [1.54, 1.807) is 6.20 Å². The van der Waals surface area contributed by atoms with Crippen molar-refractivity contribution in [3.8, 4) is 0 Å².